The molecule has 0 N–H and O–H groups in total. The van der Waals surface area contributed by atoms with Gasteiger partial charge in [-0.1, -0.05) is 17.7 Å². The van der Waals surface area contributed by atoms with Gasteiger partial charge in [0.2, 0.25) is 0 Å². The van der Waals surface area contributed by atoms with Gasteiger partial charge in [0.05, 0.1) is 18.2 Å². The fourth-order valence-electron chi connectivity index (χ4n) is 1.60. The molecule has 2 rings (SSSR count). The first-order chi connectivity index (χ1) is 8.76. The number of nitriles is 1. The maximum Gasteiger partial charge on any atom is 0.149 e. The number of rotatable bonds is 3. The Morgan fingerprint density at radius 3 is 2.61 bits per heavy atom. The Hall–Kier alpha value is -2.12. The molecule has 1 heterocycles. The molecule has 1 aromatic heterocycles. The molecule has 0 aliphatic heterocycles. The fraction of sp³-hybridized carbons (Fsp3) is 0.154. The number of halogens is 1. The smallest absolute Gasteiger partial charge is 0.149 e. The average Bonchev–Trinajstić information content (AvgIpc) is 2.41. The van der Waals surface area contributed by atoms with Crippen molar-refractivity contribution in [3.05, 3.63) is 53.1 Å². The van der Waals surface area contributed by atoms with Gasteiger partial charge in [0.1, 0.15) is 17.5 Å². The van der Waals surface area contributed by atoms with Crippen LogP contribution in [0.4, 0.5) is 0 Å². The SMILES string of the molecule is COc1ccc(C(C#N)c2ncccn2)cc1Cl. The van der Waals surface area contributed by atoms with Gasteiger partial charge in [0.15, 0.2) is 0 Å². The van der Waals surface area contributed by atoms with Gasteiger partial charge in [-0.15, -0.1) is 0 Å². The summed E-state index contributed by atoms with van der Waals surface area (Å²) in [5, 5.41) is 9.71. The van der Waals surface area contributed by atoms with Crippen LogP contribution in [0.15, 0.2) is 36.7 Å². The van der Waals surface area contributed by atoms with Crippen molar-refractivity contribution < 1.29 is 4.74 Å². The van der Waals surface area contributed by atoms with Crippen LogP contribution in [0.3, 0.4) is 0 Å². The molecule has 18 heavy (non-hydrogen) atoms. The minimum Gasteiger partial charge on any atom is -0.495 e. The van der Waals surface area contributed by atoms with Gasteiger partial charge in [-0.25, -0.2) is 9.97 Å². The second-order valence-corrected chi connectivity index (χ2v) is 3.97. The highest BCUT2D eigenvalue weighted by molar-refractivity contribution is 6.32. The average molecular weight is 260 g/mol. The summed E-state index contributed by atoms with van der Waals surface area (Å²) >= 11 is 6.04. The third kappa shape index (κ3) is 2.41. The Bertz CT molecular complexity index is 581. The summed E-state index contributed by atoms with van der Waals surface area (Å²) in [6.07, 6.45) is 3.22. The first-order valence-corrected chi connectivity index (χ1v) is 5.64. The zero-order valence-corrected chi connectivity index (χ0v) is 10.4. The van der Waals surface area contributed by atoms with Gasteiger partial charge >= 0.3 is 0 Å². The molecule has 1 unspecified atom stereocenters. The molecule has 5 heteroatoms. The van der Waals surface area contributed by atoms with E-state index in [0.29, 0.717) is 16.6 Å². The van der Waals surface area contributed by atoms with E-state index in [4.69, 9.17) is 16.3 Å². The van der Waals surface area contributed by atoms with Crippen LogP contribution < -0.4 is 4.74 Å². The fourth-order valence-corrected chi connectivity index (χ4v) is 1.87. The summed E-state index contributed by atoms with van der Waals surface area (Å²) in [4.78, 5) is 8.18. The lowest BCUT2D eigenvalue weighted by Gasteiger charge is -2.10. The Morgan fingerprint density at radius 1 is 1.33 bits per heavy atom. The quantitative estimate of drug-likeness (QED) is 0.850. The third-order valence-corrected chi connectivity index (χ3v) is 2.78. The van der Waals surface area contributed by atoms with Crippen LogP contribution in [0, 0.1) is 11.3 Å². The van der Waals surface area contributed by atoms with E-state index in [1.54, 1.807) is 43.8 Å². The normalized spacial score (nSPS) is 11.6. The number of ether oxygens (including phenoxy) is 1. The molecule has 0 amide bonds. The number of hydrogen-bond acceptors (Lipinski definition) is 4. The molecule has 90 valence electrons. The number of methoxy groups -OCH3 is 1. The molecule has 0 fully saturated rings. The molecular formula is C13H10ClN3O. The predicted octanol–water partition coefficient (Wildman–Crippen LogP) is 2.79. The monoisotopic (exact) mass is 259 g/mol. The summed E-state index contributed by atoms with van der Waals surface area (Å²) in [6.45, 7) is 0. The summed E-state index contributed by atoms with van der Waals surface area (Å²) < 4.78 is 5.07. The highest BCUT2D eigenvalue weighted by Crippen LogP contribution is 2.29. The summed E-state index contributed by atoms with van der Waals surface area (Å²) in [7, 11) is 1.54. The van der Waals surface area contributed by atoms with Crippen LogP contribution in [-0.2, 0) is 0 Å². The molecule has 0 aliphatic carbocycles. The van der Waals surface area contributed by atoms with Crippen molar-refractivity contribution in [3.63, 3.8) is 0 Å². The standard InChI is InChI=1S/C13H10ClN3O/c1-18-12-4-3-9(7-11(12)14)10(8-15)13-16-5-2-6-17-13/h2-7,10H,1H3. The molecule has 0 aliphatic rings. The van der Waals surface area contributed by atoms with Crippen LogP contribution >= 0.6 is 11.6 Å². The lowest BCUT2D eigenvalue weighted by Crippen LogP contribution is -2.03. The van der Waals surface area contributed by atoms with Crippen molar-refractivity contribution in [2.24, 2.45) is 0 Å². The van der Waals surface area contributed by atoms with E-state index in [-0.39, 0.29) is 0 Å². The van der Waals surface area contributed by atoms with E-state index < -0.39 is 5.92 Å². The van der Waals surface area contributed by atoms with Crippen molar-refractivity contribution in [2.75, 3.05) is 7.11 Å². The summed E-state index contributed by atoms with van der Waals surface area (Å²) in [5.41, 5.74) is 0.745. The molecule has 2 aromatic rings. The van der Waals surface area contributed by atoms with Crippen LogP contribution in [0.5, 0.6) is 5.75 Å². The Kier molecular flexibility index (Phi) is 3.75. The van der Waals surface area contributed by atoms with Gasteiger partial charge in [-0.3, -0.25) is 0 Å². The Balaban J connectivity index is 2.41. The molecule has 0 spiro atoms. The highest BCUT2D eigenvalue weighted by Gasteiger charge is 2.17. The van der Waals surface area contributed by atoms with Crippen molar-refractivity contribution >= 4 is 11.6 Å². The molecule has 4 nitrogen and oxygen atoms in total. The van der Waals surface area contributed by atoms with Crippen LogP contribution in [0.2, 0.25) is 5.02 Å². The molecule has 0 saturated carbocycles. The van der Waals surface area contributed by atoms with Crippen LogP contribution in [-0.4, -0.2) is 17.1 Å². The van der Waals surface area contributed by atoms with Gasteiger partial charge in [-0.2, -0.15) is 5.26 Å². The van der Waals surface area contributed by atoms with E-state index in [1.165, 1.54) is 0 Å². The van der Waals surface area contributed by atoms with Crippen LogP contribution in [0.25, 0.3) is 0 Å². The number of hydrogen-bond donors (Lipinski definition) is 0. The third-order valence-electron chi connectivity index (χ3n) is 2.48. The lowest BCUT2D eigenvalue weighted by molar-refractivity contribution is 0.415. The molecule has 0 bridgehead atoms. The molecule has 0 saturated heterocycles. The lowest BCUT2D eigenvalue weighted by atomic mass is 10.00. The zero-order chi connectivity index (χ0) is 13.0. The Labute approximate surface area is 110 Å². The molecule has 0 radical (unpaired) electrons. The van der Waals surface area contributed by atoms with Crippen molar-refractivity contribution in [1.29, 1.82) is 5.26 Å². The number of benzene rings is 1. The van der Waals surface area contributed by atoms with Gasteiger partial charge < -0.3 is 4.74 Å². The van der Waals surface area contributed by atoms with Crippen molar-refractivity contribution in [1.82, 2.24) is 9.97 Å². The number of nitrogens with zero attached hydrogens (tertiary/aromatic N) is 3. The maximum atomic E-state index is 9.25. The maximum absolute atomic E-state index is 9.25. The van der Waals surface area contributed by atoms with Crippen molar-refractivity contribution in [3.8, 4) is 11.8 Å². The second-order valence-electron chi connectivity index (χ2n) is 3.56. The summed E-state index contributed by atoms with van der Waals surface area (Å²) in [6, 6.07) is 9.09. The molecule has 1 atom stereocenters. The van der Waals surface area contributed by atoms with E-state index in [2.05, 4.69) is 16.0 Å². The largest absolute Gasteiger partial charge is 0.495 e. The van der Waals surface area contributed by atoms with E-state index in [9.17, 15) is 5.26 Å². The summed E-state index contributed by atoms with van der Waals surface area (Å²) in [5.74, 6) is 0.502. The molecular weight excluding hydrogens is 250 g/mol. The highest BCUT2D eigenvalue weighted by atomic mass is 35.5. The predicted molar refractivity (Wildman–Crippen MR) is 67.5 cm³/mol. The number of aromatic nitrogens is 2. The first-order valence-electron chi connectivity index (χ1n) is 5.26. The topological polar surface area (TPSA) is 58.8 Å². The van der Waals surface area contributed by atoms with Gasteiger partial charge in [0.25, 0.3) is 0 Å². The first kappa shape index (κ1) is 12.3. The van der Waals surface area contributed by atoms with Gasteiger partial charge in [-0.05, 0) is 23.8 Å². The van der Waals surface area contributed by atoms with Crippen LogP contribution in [0.1, 0.15) is 17.3 Å². The second kappa shape index (κ2) is 5.48. The molecule has 1 aromatic carbocycles. The van der Waals surface area contributed by atoms with E-state index >= 15 is 0 Å². The Morgan fingerprint density at radius 2 is 2.06 bits per heavy atom. The van der Waals surface area contributed by atoms with E-state index in [0.717, 1.165) is 5.56 Å². The zero-order valence-electron chi connectivity index (χ0n) is 9.67. The minimum absolute atomic E-state index is 0.459. The van der Waals surface area contributed by atoms with Gasteiger partial charge in [0, 0.05) is 12.4 Å². The minimum atomic E-state index is -0.533. The van der Waals surface area contributed by atoms with E-state index in [1.807, 2.05) is 0 Å². The van der Waals surface area contributed by atoms with Crippen molar-refractivity contribution in [2.45, 2.75) is 5.92 Å².